The smallest absolute Gasteiger partial charge is 0.397 e. The second kappa shape index (κ2) is 11.3. The van der Waals surface area contributed by atoms with Gasteiger partial charge >= 0.3 is 11.9 Å². The number of phenols is 1. The van der Waals surface area contributed by atoms with Gasteiger partial charge in [-0.15, -0.1) is 0 Å². The molecule has 1 saturated heterocycles. The lowest BCUT2D eigenvalue weighted by Crippen LogP contribution is -2.54. The van der Waals surface area contributed by atoms with Crippen molar-refractivity contribution >= 4 is 34.4 Å². The molecule has 0 radical (unpaired) electrons. The molecule has 3 aromatic heterocycles. The summed E-state index contributed by atoms with van der Waals surface area (Å²) >= 11 is 6.72. The van der Waals surface area contributed by atoms with Gasteiger partial charge in [-0.2, -0.15) is 18.2 Å². The van der Waals surface area contributed by atoms with Crippen LogP contribution in [0.1, 0.15) is 31.0 Å². The predicted molar refractivity (Wildman–Crippen MR) is 158 cm³/mol. The molecule has 1 aromatic carbocycles. The summed E-state index contributed by atoms with van der Waals surface area (Å²) in [5, 5.41) is 11.0. The van der Waals surface area contributed by atoms with E-state index >= 15 is 0 Å². The van der Waals surface area contributed by atoms with Crippen molar-refractivity contribution in [3.05, 3.63) is 82.0 Å². The third-order valence-corrected chi connectivity index (χ3v) is 7.91. The number of halogens is 4. The van der Waals surface area contributed by atoms with Crippen molar-refractivity contribution in [1.82, 2.24) is 24.4 Å². The van der Waals surface area contributed by atoms with Crippen molar-refractivity contribution < 1.29 is 23.1 Å². The number of carbonyl (C=O) groups excluding carboxylic acids is 1. The largest absolute Gasteiger partial charge is 0.507 e. The minimum absolute atomic E-state index is 0.0128. The van der Waals surface area contributed by atoms with Gasteiger partial charge in [0.05, 0.1) is 33.4 Å². The van der Waals surface area contributed by atoms with Crippen molar-refractivity contribution in [2.45, 2.75) is 38.9 Å². The number of hydrogen-bond donors (Lipinski definition) is 1. The van der Waals surface area contributed by atoms with Crippen molar-refractivity contribution in [1.29, 1.82) is 0 Å². The SMILES string of the molecule is C=CC(=O)N1CCN(c2nc(=O)n(-c3c(C)ccnc3C(C)C(F)(F)F)c3nc(-c4ccccc4O)c(Cl)cc23)C(C)C1. The number of amides is 1. The molecule has 1 aliphatic heterocycles. The molecule has 43 heavy (non-hydrogen) atoms. The number of aromatic nitrogens is 4. The van der Waals surface area contributed by atoms with Gasteiger partial charge < -0.3 is 14.9 Å². The minimum atomic E-state index is -4.64. The molecule has 0 saturated carbocycles. The van der Waals surface area contributed by atoms with Gasteiger partial charge in [-0.3, -0.25) is 9.78 Å². The highest BCUT2D eigenvalue weighted by atomic mass is 35.5. The monoisotopic (exact) mass is 612 g/mol. The molecule has 1 N–H and O–H groups in total. The second-order valence-corrected chi connectivity index (χ2v) is 10.8. The van der Waals surface area contributed by atoms with Gasteiger partial charge in [0.15, 0.2) is 5.65 Å². The molecule has 1 fully saturated rings. The van der Waals surface area contributed by atoms with Gasteiger partial charge in [0.2, 0.25) is 5.91 Å². The Kier molecular flexibility index (Phi) is 7.91. The summed E-state index contributed by atoms with van der Waals surface area (Å²) in [4.78, 5) is 42.7. The van der Waals surface area contributed by atoms with Gasteiger partial charge in [-0.05, 0) is 56.7 Å². The van der Waals surface area contributed by atoms with Crippen LogP contribution in [-0.4, -0.2) is 67.3 Å². The molecule has 224 valence electrons. The van der Waals surface area contributed by atoms with Crippen molar-refractivity contribution in [2.24, 2.45) is 0 Å². The van der Waals surface area contributed by atoms with Gasteiger partial charge in [-0.25, -0.2) is 14.3 Å². The van der Waals surface area contributed by atoms with Crippen LogP contribution in [0.2, 0.25) is 5.02 Å². The van der Waals surface area contributed by atoms with E-state index in [0.717, 1.165) is 11.5 Å². The molecule has 0 spiro atoms. The fourth-order valence-corrected chi connectivity index (χ4v) is 5.58. The Morgan fingerprint density at radius 2 is 1.93 bits per heavy atom. The second-order valence-electron chi connectivity index (χ2n) is 10.4. The van der Waals surface area contributed by atoms with Crippen LogP contribution in [0.4, 0.5) is 19.0 Å². The number of rotatable bonds is 5. The van der Waals surface area contributed by atoms with Crippen molar-refractivity contribution in [3.63, 3.8) is 0 Å². The highest BCUT2D eigenvalue weighted by Gasteiger charge is 2.40. The number of hydrogen-bond acceptors (Lipinski definition) is 7. The van der Waals surface area contributed by atoms with E-state index in [1.54, 1.807) is 30.0 Å². The third-order valence-electron chi connectivity index (χ3n) is 7.63. The zero-order chi connectivity index (χ0) is 31.2. The first-order valence-electron chi connectivity index (χ1n) is 13.5. The van der Waals surface area contributed by atoms with Crippen LogP contribution in [0.5, 0.6) is 5.75 Å². The number of piperazine rings is 1. The number of aromatic hydroxyl groups is 1. The molecule has 1 aliphatic rings. The van der Waals surface area contributed by atoms with E-state index in [9.17, 15) is 27.9 Å². The number of alkyl halides is 3. The van der Waals surface area contributed by atoms with Crippen LogP contribution in [0.15, 0.2) is 60.0 Å². The molecular weight excluding hydrogens is 585 g/mol. The summed E-state index contributed by atoms with van der Waals surface area (Å²) in [7, 11) is 0. The molecule has 1 amide bonds. The normalized spacial score (nSPS) is 16.4. The van der Waals surface area contributed by atoms with E-state index in [4.69, 9.17) is 16.6 Å². The summed E-state index contributed by atoms with van der Waals surface area (Å²) in [6.07, 6.45) is -2.15. The van der Waals surface area contributed by atoms with E-state index in [0.29, 0.717) is 30.6 Å². The maximum Gasteiger partial charge on any atom is 0.397 e. The van der Waals surface area contributed by atoms with Crippen LogP contribution in [0.3, 0.4) is 0 Å². The maximum atomic E-state index is 14.0. The van der Waals surface area contributed by atoms with Crippen molar-refractivity contribution in [2.75, 3.05) is 24.5 Å². The summed E-state index contributed by atoms with van der Waals surface area (Å²) in [6.45, 7) is 8.92. The fourth-order valence-electron chi connectivity index (χ4n) is 5.32. The lowest BCUT2D eigenvalue weighted by molar-refractivity contribution is -0.147. The predicted octanol–water partition coefficient (Wildman–Crippen LogP) is 5.40. The Balaban J connectivity index is 1.83. The number of carbonyl (C=O) groups is 1. The minimum Gasteiger partial charge on any atom is -0.507 e. The zero-order valence-corrected chi connectivity index (χ0v) is 24.3. The molecular formula is C30H28ClF3N6O3. The lowest BCUT2D eigenvalue weighted by Gasteiger charge is -2.40. The Labute approximate surface area is 249 Å². The van der Waals surface area contributed by atoms with Crippen LogP contribution in [0.25, 0.3) is 28.0 Å². The number of benzene rings is 1. The number of nitrogens with zero attached hydrogens (tertiary/aromatic N) is 6. The summed E-state index contributed by atoms with van der Waals surface area (Å²) in [6, 6.07) is 9.08. The van der Waals surface area contributed by atoms with Gasteiger partial charge in [0.1, 0.15) is 11.6 Å². The molecule has 5 rings (SSSR count). The molecule has 2 unspecified atom stereocenters. The third kappa shape index (κ3) is 5.42. The Morgan fingerprint density at radius 3 is 2.58 bits per heavy atom. The quantitative estimate of drug-likeness (QED) is 0.301. The van der Waals surface area contributed by atoms with Crippen LogP contribution >= 0.6 is 11.6 Å². The van der Waals surface area contributed by atoms with E-state index in [2.05, 4.69) is 16.5 Å². The van der Waals surface area contributed by atoms with Crippen LogP contribution in [-0.2, 0) is 4.79 Å². The standard InChI is InChI=1S/C30H28ClF3N6O3/c1-5-23(42)38-12-13-39(17(3)15-38)27-20-14-21(31)25(19-8-6-7-9-22(19)41)36-28(20)40(29(43)37-27)26-16(2)10-11-35-24(26)18(4)30(32,33)34/h5-11,14,17-18,41H,1,12-13,15H2,2-4H3. The molecule has 4 heterocycles. The van der Waals surface area contributed by atoms with Gasteiger partial charge in [0.25, 0.3) is 0 Å². The van der Waals surface area contributed by atoms with E-state index in [1.165, 1.54) is 30.5 Å². The van der Waals surface area contributed by atoms with Crippen LogP contribution in [0, 0.1) is 6.92 Å². The van der Waals surface area contributed by atoms with E-state index in [1.807, 2.05) is 11.8 Å². The number of phenolic OH excluding ortho intramolecular Hbond substituents is 1. The van der Waals surface area contributed by atoms with Crippen LogP contribution < -0.4 is 10.6 Å². The van der Waals surface area contributed by atoms with Crippen molar-refractivity contribution in [3.8, 4) is 22.7 Å². The van der Waals surface area contributed by atoms with Gasteiger partial charge in [-0.1, -0.05) is 30.3 Å². The average molecular weight is 613 g/mol. The van der Waals surface area contributed by atoms with E-state index in [-0.39, 0.29) is 56.8 Å². The number of anilines is 1. The number of pyridine rings is 2. The molecule has 13 heteroatoms. The highest BCUT2D eigenvalue weighted by Crippen LogP contribution is 2.40. The number of fused-ring (bicyclic) bond motifs is 1. The maximum absolute atomic E-state index is 14.0. The Bertz CT molecular complexity index is 1810. The lowest BCUT2D eigenvalue weighted by atomic mass is 10.0. The summed E-state index contributed by atoms with van der Waals surface area (Å²) in [5.74, 6) is -2.14. The molecule has 9 nitrogen and oxygen atoms in total. The average Bonchev–Trinajstić information content (AvgIpc) is 2.96. The Hall–Kier alpha value is -4.45. The van der Waals surface area contributed by atoms with Gasteiger partial charge in [0, 0.05) is 37.4 Å². The zero-order valence-electron chi connectivity index (χ0n) is 23.6. The first-order chi connectivity index (χ1) is 20.3. The fraction of sp³-hybridized carbons (Fsp3) is 0.300. The number of aryl methyl sites for hydroxylation is 1. The molecule has 0 bridgehead atoms. The first-order valence-corrected chi connectivity index (χ1v) is 13.8. The summed E-state index contributed by atoms with van der Waals surface area (Å²) in [5.41, 5.74) is -0.595. The topological polar surface area (TPSA) is 104 Å². The Morgan fingerprint density at radius 1 is 1.21 bits per heavy atom. The first kappa shape index (κ1) is 30.0. The molecule has 0 aliphatic carbocycles. The molecule has 2 atom stereocenters. The van der Waals surface area contributed by atoms with E-state index < -0.39 is 17.8 Å². The highest BCUT2D eigenvalue weighted by molar-refractivity contribution is 6.34. The summed E-state index contributed by atoms with van der Waals surface area (Å²) < 4.78 is 43.0. The number of para-hydroxylation sites is 1. The molecule has 4 aromatic rings.